The number of urea groups is 1. The Bertz CT molecular complexity index is 1010. The van der Waals surface area contributed by atoms with E-state index in [-0.39, 0.29) is 6.03 Å². The molecule has 0 spiro atoms. The fourth-order valence-corrected chi connectivity index (χ4v) is 3.39. The Balaban J connectivity index is 1.71. The first kappa shape index (κ1) is 19.6. The van der Waals surface area contributed by atoms with E-state index in [0.717, 1.165) is 37.1 Å². The summed E-state index contributed by atoms with van der Waals surface area (Å²) in [5.74, 6) is 1.91. The van der Waals surface area contributed by atoms with Gasteiger partial charge in [0.15, 0.2) is 11.6 Å². The van der Waals surface area contributed by atoms with Gasteiger partial charge in [0.05, 0.1) is 0 Å². The molecule has 2 aromatic carbocycles. The number of hydrogen-bond acceptors (Lipinski definition) is 6. The molecule has 1 saturated heterocycles. The van der Waals surface area contributed by atoms with E-state index in [2.05, 4.69) is 15.5 Å². The zero-order chi connectivity index (χ0) is 20.9. The predicted molar refractivity (Wildman–Crippen MR) is 119 cm³/mol. The van der Waals surface area contributed by atoms with Crippen molar-refractivity contribution in [3.05, 3.63) is 48.5 Å². The molecule has 0 atom stereocenters. The first-order chi connectivity index (χ1) is 14.6. The van der Waals surface area contributed by atoms with E-state index in [1.165, 1.54) is 6.42 Å². The first-order valence-corrected chi connectivity index (χ1v) is 10.1. The van der Waals surface area contributed by atoms with Crippen LogP contribution in [0, 0.1) is 0 Å². The highest BCUT2D eigenvalue weighted by atomic mass is 16.2. The van der Waals surface area contributed by atoms with Crippen LogP contribution in [-0.4, -0.2) is 41.1 Å². The molecule has 0 unspecified atom stereocenters. The summed E-state index contributed by atoms with van der Waals surface area (Å²) < 4.78 is 0. The smallest absolute Gasteiger partial charge is 0.318 e. The molecule has 1 fully saturated rings. The fourth-order valence-electron chi connectivity index (χ4n) is 3.39. The molecule has 1 aliphatic rings. The number of benzene rings is 2. The maximum Gasteiger partial charge on any atom is 0.318 e. The first-order valence-electron chi connectivity index (χ1n) is 10.1. The Morgan fingerprint density at radius 2 is 1.43 bits per heavy atom. The van der Waals surface area contributed by atoms with E-state index in [9.17, 15) is 4.79 Å². The lowest BCUT2D eigenvalue weighted by atomic mass is 10.1. The van der Waals surface area contributed by atoms with Gasteiger partial charge < -0.3 is 21.3 Å². The standard InChI is InChI=1S/C22H25N7O/c1-24-22(30)25-18-11-7-16(8-12-18)20-26-19(15-5-9-17(23)10-6-15)27-21(28-20)29-13-3-2-4-14-29/h5-12H,2-4,13-14,23H2,1H3,(H2,24,25,30). The van der Waals surface area contributed by atoms with E-state index in [1.807, 2.05) is 48.5 Å². The Kier molecular flexibility index (Phi) is 5.74. The van der Waals surface area contributed by atoms with E-state index >= 15 is 0 Å². The molecule has 3 aromatic rings. The van der Waals surface area contributed by atoms with Crippen LogP contribution in [-0.2, 0) is 0 Å². The number of amides is 2. The van der Waals surface area contributed by atoms with Crippen molar-refractivity contribution in [1.29, 1.82) is 0 Å². The summed E-state index contributed by atoms with van der Waals surface area (Å²) in [4.78, 5) is 28.0. The molecule has 2 amide bonds. The average Bonchev–Trinajstić information content (AvgIpc) is 2.80. The third-order valence-corrected chi connectivity index (χ3v) is 5.06. The van der Waals surface area contributed by atoms with Crippen LogP contribution in [0.25, 0.3) is 22.8 Å². The van der Waals surface area contributed by atoms with Crippen LogP contribution in [0.15, 0.2) is 48.5 Å². The van der Waals surface area contributed by atoms with Gasteiger partial charge in [-0.3, -0.25) is 0 Å². The summed E-state index contributed by atoms with van der Waals surface area (Å²) >= 11 is 0. The Morgan fingerprint density at radius 1 is 0.867 bits per heavy atom. The zero-order valence-electron chi connectivity index (χ0n) is 16.9. The van der Waals surface area contributed by atoms with E-state index in [1.54, 1.807) is 7.05 Å². The van der Waals surface area contributed by atoms with E-state index in [0.29, 0.717) is 29.0 Å². The molecule has 0 bridgehead atoms. The van der Waals surface area contributed by atoms with Gasteiger partial charge in [0.25, 0.3) is 0 Å². The molecule has 1 aliphatic heterocycles. The van der Waals surface area contributed by atoms with Crippen molar-refractivity contribution in [2.75, 3.05) is 36.1 Å². The molecule has 0 radical (unpaired) electrons. The van der Waals surface area contributed by atoms with Crippen molar-refractivity contribution in [2.24, 2.45) is 0 Å². The minimum Gasteiger partial charge on any atom is -0.399 e. The van der Waals surface area contributed by atoms with Gasteiger partial charge in [0, 0.05) is 42.6 Å². The second-order valence-electron chi connectivity index (χ2n) is 7.23. The monoisotopic (exact) mass is 403 g/mol. The number of nitrogens with two attached hydrogens (primary N) is 1. The van der Waals surface area contributed by atoms with E-state index in [4.69, 9.17) is 20.7 Å². The maximum absolute atomic E-state index is 11.5. The summed E-state index contributed by atoms with van der Waals surface area (Å²) in [5, 5.41) is 5.29. The number of nitrogens with zero attached hydrogens (tertiary/aromatic N) is 4. The molecule has 8 heteroatoms. The number of piperidine rings is 1. The van der Waals surface area contributed by atoms with Crippen LogP contribution in [0.2, 0.25) is 0 Å². The van der Waals surface area contributed by atoms with Crippen molar-refractivity contribution in [3.8, 4) is 22.8 Å². The van der Waals surface area contributed by atoms with Crippen LogP contribution in [0.5, 0.6) is 0 Å². The summed E-state index contributed by atoms with van der Waals surface area (Å²) in [7, 11) is 1.58. The molecule has 8 nitrogen and oxygen atoms in total. The fraction of sp³-hybridized carbons (Fsp3) is 0.273. The number of carbonyl (C=O) groups excluding carboxylic acids is 1. The number of rotatable bonds is 4. The lowest BCUT2D eigenvalue weighted by Gasteiger charge is -2.27. The summed E-state index contributed by atoms with van der Waals surface area (Å²) in [6, 6.07) is 14.7. The number of nitrogen functional groups attached to an aromatic ring is 1. The predicted octanol–water partition coefficient (Wildman–Crippen LogP) is 3.53. The topological polar surface area (TPSA) is 109 Å². The number of anilines is 3. The molecule has 0 aliphatic carbocycles. The second kappa shape index (κ2) is 8.77. The molecule has 4 rings (SSSR count). The van der Waals surface area contributed by atoms with Gasteiger partial charge >= 0.3 is 6.03 Å². The van der Waals surface area contributed by atoms with Gasteiger partial charge in [-0.2, -0.15) is 9.97 Å². The van der Waals surface area contributed by atoms with Crippen molar-refractivity contribution >= 4 is 23.4 Å². The van der Waals surface area contributed by atoms with Crippen LogP contribution < -0.4 is 21.3 Å². The van der Waals surface area contributed by atoms with Crippen LogP contribution in [0.3, 0.4) is 0 Å². The van der Waals surface area contributed by atoms with Crippen molar-refractivity contribution < 1.29 is 4.79 Å². The lowest BCUT2D eigenvalue weighted by molar-refractivity contribution is 0.254. The molecular formula is C22H25N7O. The third kappa shape index (κ3) is 4.48. The lowest BCUT2D eigenvalue weighted by Crippen LogP contribution is -2.31. The Hall–Kier alpha value is -3.68. The molecule has 0 saturated carbocycles. The van der Waals surface area contributed by atoms with Gasteiger partial charge in [0.1, 0.15) is 0 Å². The summed E-state index contributed by atoms with van der Waals surface area (Å²) in [5.41, 5.74) is 8.98. The number of hydrogen-bond donors (Lipinski definition) is 3. The minimum atomic E-state index is -0.263. The average molecular weight is 403 g/mol. The highest BCUT2D eigenvalue weighted by molar-refractivity contribution is 5.89. The third-order valence-electron chi connectivity index (χ3n) is 5.06. The molecular weight excluding hydrogens is 378 g/mol. The molecule has 4 N–H and O–H groups in total. The quantitative estimate of drug-likeness (QED) is 0.575. The summed E-state index contributed by atoms with van der Waals surface area (Å²) in [6.45, 7) is 1.89. The molecule has 30 heavy (non-hydrogen) atoms. The number of aromatic nitrogens is 3. The molecule has 1 aromatic heterocycles. The van der Waals surface area contributed by atoms with Crippen molar-refractivity contribution in [3.63, 3.8) is 0 Å². The molecule has 2 heterocycles. The Labute approximate surface area is 175 Å². The summed E-state index contributed by atoms with van der Waals surface area (Å²) in [6.07, 6.45) is 3.51. The van der Waals surface area contributed by atoms with Gasteiger partial charge in [-0.05, 0) is 67.8 Å². The van der Waals surface area contributed by atoms with Gasteiger partial charge in [-0.15, -0.1) is 0 Å². The van der Waals surface area contributed by atoms with Gasteiger partial charge in [-0.25, -0.2) is 9.78 Å². The highest BCUT2D eigenvalue weighted by Gasteiger charge is 2.17. The molecule has 154 valence electrons. The zero-order valence-corrected chi connectivity index (χ0v) is 16.9. The number of nitrogens with one attached hydrogen (secondary N) is 2. The van der Waals surface area contributed by atoms with Gasteiger partial charge in [-0.1, -0.05) is 0 Å². The highest BCUT2D eigenvalue weighted by Crippen LogP contribution is 2.26. The van der Waals surface area contributed by atoms with Crippen molar-refractivity contribution in [1.82, 2.24) is 20.3 Å². The normalized spacial score (nSPS) is 13.7. The van der Waals surface area contributed by atoms with Crippen molar-refractivity contribution in [2.45, 2.75) is 19.3 Å². The SMILES string of the molecule is CNC(=O)Nc1ccc(-c2nc(-c3ccc(N)cc3)nc(N3CCCCC3)n2)cc1. The number of carbonyl (C=O) groups is 1. The van der Waals surface area contributed by atoms with E-state index < -0.39 is 0 Å². The largest absolute Gasteiger partial charge is 0.399 e. The van der Waals surface area contributed by atoms with Crippen LogP contribution in [0.4, 0.5) is 22.1 Å². The van der Waals surface area contributed by atoms with Gasteiger partial charge in [0.2, 0.25) is 5.95 Å². The second-order valence-corrected chi connectivity index (χ2v) is 7.23. The Morgan fingerprint density at radius 3 is 2.00 bits per heavy atom. The van der Waals surface area contributed by atoms with Crippen LogP contribution in [0.1, 0.15) is 19.3 Å². The van der Waals surface area contributed by atoms with Crippen LogP contribution >= 0.6 is 0 Å². The minimum absolute atomic E-state index is 0.263. The maximum atomic E-state index is 11.5.